The van der Waals surface area contributed by atoms with Gasteiger partial charge in [0.2, 0.25) is 0 Å². The van der Waals surface area contributed by atoms with Crippen LogP contribution in [0.15, 0.2) is 79.1 Å². The molecule has 1 atom stereocenters. The highest BCUT2D eigenvalue weighted by molar-refractivity contribution is 6.05. The summed E-state index contributed by atoms with van der Waals surface area (Å²) >= 11 is 0. The Kier molecular flexibility index (Phi) is 6.31. The lowest BCUT2D eigenvalue weighted by atomic mass is 9.81. The molecule has 3 heterocycles. The van der Waals surface area contributed by atoms with Crippen LogP contribution in [0.3, 0.4) is 0 Å². The largest absolute Gasteiger partial charge is 0.491 e. The van der Waals surface area contributed by atoms with E-state index in [2.05, 4.69) is 39.6 Å². The van der Waals surface area contributed by atoms with Crippen molar-refractivity contribution in [3.05, 3.63) is 102 Å². The highest BCUT2D eigenvalue weighted by atomic mass is 16.5. The number of carbonyl (C=O) groups excluding carboxylic acids is 1. The predicted octanol–water partition coefficient (Wildman–Crippen LogP) is 4.10. The first kappa shape index (κ1) is 22.0. The summed E-state index contributed by atoms with van der Waals surface area (Å²) in [5.74, 6) is 0.460. The number of nitrogens with zero attached hydrogens (tertiary/aromatic N) is 2. The average molecular weight is 441 g/mol. The number of pyridine rings is 2. The normalized spacial score (nSPS) is 16.5. The molecule has 5 rings (SSSR count). The highest BCUT2D eigenvalue weighted by Crippen LogP contribution is 2.40. The molecule has 33 heavy (non-hydrogen) atoms. The quantitative estimate of drug-likeness (QED) is 0.464. The van der Waals surface area contributed by atoms with Gasteiger partial charge in [0.1, 0.15) is 22.7 Å². The van der Waals surface area contributed by atoms with Crippen molar-refractivity contribution in [1.29, 1.82) is 0 Å². The van der Waals surface area contributed by atoms with E-state index >= 15 is 0 Å². The standard InChI is InChI=1S/C25H21N3O2.CH2O2/c1-17-8-10-19(11-9-17)25(13-16-30-21-7-4-14-27-23(21)25)28-24(29)22-20-6-3-2-5-18(20)12-15-26-22;2-1-3/h2-12,14-15H,13,16H2,1H3,(H,28,29);1H,(H,2,3)/t25-;/m0./s1. The Balaban J connectivity index is 0.000000821. The fourth-order valence-corrected chi connectivity index (χ4v) is 4.13. The molecule has 166 valence electrons. The van der Waals surface area contributed by atoms with Gasteiger partial charge in [-0.2, -0.15) is 0 Å². The Morgan fingerprint density at radius 1 is 1.03 bits per heavy atom. The van der Waals surface area contributed by atoms with E-state index in [4.69, 9.17) is 14.6 Å². The number of nitrogens with one attached hydrogen (secondary N) is 1. The van der Waals surface area contributed by atoms with Gasteiger partial charge in [0.05, 0.1) is 6.61 Å². The molecule has 0 radical (unpaired) electrons. The number of hydrogen-bond donors (Lipinski definition) is 2. The van der Waals surface area contributed by atoms with Crippen molar-refractivity contribution in [2.45, 2.75) is 18.9 Å². The van der Waals surface area contributed by atoms with Crippen LogP contribution in [0.2, 0.25) is 0 Å². The summed E-state index contributed by atoms with van der Waals surface area (Å²) < 4.78 is 5.85. The highest BCUT2D eigenvalue weighted by Gasteiger charge is 2.42. The molecular formula is C26H23N3O4. The van der Waals surface area contributed by atoms with Crippen LogP contribution >= 0.6 is 0 Å². The maximum Gasteiger partial charge on any atom is 0.290 e. The molecule has 7 heteroatoms. The molecule has 0 unspecified atom stereocenters. The maximum absolute atomic E-state index is 13.5. The second-order valence-corrected chi connectivity index (χ2v) is 7.66. The van der Waals surface area contributed by atoms with Crippen molar-refractivity contribution in [2.24, 2.45) is 0 Å². The van der Waals surface area contributed by atoms with Crippen LogP contribution in [0.1, 0.15) is 33.7 Å². The van der Waals surface area contributed by atoms with E-state index < -0.39 is 5.54 Å². The third kappa shape index (κ3) is 4.25. The fraction of sp³-hybridized carbons (Fsp3) is 0.154. The van der Waals surface area contributed by atoms with Crippen molar-refractivity contribution < 1.29 is 19.4 Å². The topological polar surface area (TPSA) is 101 Å². The first-order valence-electron chi connectivity index (χ1n) is 10.5. The van der Waals surface area contributed by atoms with Crippen molar-refractivity contribution in [2.75, 3.05) is 6.61 Å². The monoisotopic (exact) mass is 441 g/mol. The van der Waals surface area contributed by atoms with Crippen molar-refractivity contribution in [1.82, 2.24) is 15.3 Å². The lowest BCUT2D eigenvalue weighted by molar-refractivity contribution is -0.122. The van der Waals surface area contributed by atoms with E-state index in [1.807, 2.05) is 49.4 Å². The molecule has 1 amide bonds. The summed E-state index contributed by atoms with van der Waals surface area (Å²) in [4.78, 5) is 30.9. The number of ether oxygens (including phenoxy) is 1. The van der Waals surface area contributed by atoms with Crippen LogP contribution in [0.5, 0.6) is 5.75 Å². The molecule has 4 aromatic rings. The molecule has 1 aliphatic heterocycles. The minimum atomic E-state index is -0.793. The van der Waals surface area contributed by atoms with Gasteiger partial charge in [-0.15, -0.1) is 0 Å². The van der Waals surface area contributed by atoms with Crippen LogP contribution < -0.4 is 10.1 Å². The van der Waals surface area contributed by atoms with Crippen molar-refractivity contribution >= 4 is 23.2 Å². The zero-order valence-corrected chi connectivity index (χ0v) is 18.1. The van der Waals surface area contributed by atoms with Gasteiger partial charge in [-0.05, 0) is 36.1 Å². The molecule has 7 nitrogen and oxygen atoms in total. The van der Waals surface area contributed by atoms with Gasteiger partial charge in [0.15, 0.2) is 0 Å². The molecule has 0 saturated carbocycles. The average Bonchev–Trinajstić information content (AvgIpc) is 2.85. The van der Waals surface area contributed by atoms with E-state index in [1.165, 1.54) is 0 Å². The number of benzene rings is 2. The second-order valence-electron chi connectivity index (χ2n) is 7.66. The number of carboxylic acid groups (broad SMARTS) is 1. The molecule has 0 spiro atoms. The molecule has 2 aromatic carbocycles. The minimum absolute atomic E-state index is 0.231. The smallest absolute Gasteiger partial charge is 0.290 e. The second kappa shape index (κ2) is 9.48. The molecule has 0 bridgehead atoms. The van der Waals surface area contributed by atoms with Gasteiger partial charge in [-0.1, -0.05) is 54.1 Å². The predicted molar refractivity (Wildman–Crippen MR) is 124 cm³/mol. The number of amides is 1. The summed E-state index contributed by atoms with van der Waals surface area (Å²) in [6, 6.07) is 21.6. The number of aromatic nitrogens is 2. The van der Waals surface area contributed by atoms with Crippen molar-refractivity contribution in [3.8, 4) is 5.75 Å². The van der Waals surface area contributed by atoms with Gasteiger partial charge in [0.25, 0.3) is 12.4 Å². The van der Waals surface area contributed by atoms with Crippen LogP contribution in [0, 0.1) is 6.92 Å². The summed E-state index contributed by atoms with van der Waals surface area (Å²) in [5, 5.41) is 12.0. The Morgan fingerprint density at radius 3 is 2.58 bits per heavy atom. The van der Waals surface area contributed by atoms with E-state index in [0.29, 0.717) is 30.2 Å². The number of carbonyl (C=O) groups is 2. The Morgan fingerprint density at radius 2 is 1.79 bits per heavy atom. The van der Waals surface area contributed by atoms with Gasteiger partial charge in [0, 0.05) is 24.2 Å². The number of hydrogen-bond acceptors (Lipinski definition) is 5. The Labute approximate surface area is 191 Å². The van der Waals surface area contributed by atoms with E-state index in [1.54, 1.807) is 12.4 Å². The van der Waals surface area contributed by atoms with Gasteiger partial charge < -0.3 is 15.2 Å². The zero-order chi connectivity index (χ0) is 23.3. The SMILES string of the molecule is Cc1ccc([C@@]2(NC(=O)c3nccc4ccccc34)CCOc3cccnc32)cc1.O=CO. The van der Waals surface area contributed by atoms with Crippen LogP contribution in [0.4, 0.5) is 0 Å². The molecular weight excluding hydrogens is 418 g/mol. The number of fused-ring (bicyclic) bond motifs is 2. The van der Waals surface area contributed by atoms with E-state index in [9.17, 15) is 4.79 Å². The van der Waals surface area contributed by atoms with E-state index in [0.717, 1.165) is 21.9 Å². The van der Waals surface area contributed by atoms with Gasteiger partial charge in [-0.3, -0.25) is 19.6 Å². The van der Waals surface area contributed by atoms with Crippen LogP contribution in [-0.4, -0.2) is 34.1 Å². The molecule has 0 saturated heterocycles. The lowest BCUT2D eigenvalue weighted by Crippen LogP contribution is -2.50. The number of aryl methyl sites for hydroxylation is 1. The van der Waals surface area contributed by atoms with Crippen LogP contribution in [0.25, 0.3) is 10.8 Å². The summed E-state index contributed by atoms with van der Waals surface area (Å²) in [7, 11) is 0. The molecule has 2 N–H and O–H groups in total. The first-order chi connectivity index (χ1) is 16.1. The first-order valence-corrected chi connectivity index (χ1v) is 10.5. The molecule has 0 aliphatic carbocycles. The zero-order valence-electron chi connectivity index (χ0n) is 18.1. The van der Waals surface area contributed by atoms with Gasteiger partial charge >= 0.3 is 0 Å². The summed E-state index contributed by atoms with van der Waals surface area (Å²) in [6.45, 7) is 2.28. The van der Waals surface area contributed by atoms with Gasteiger partial charge in [-0.25, -0.2) is 0 Å². The fourth-order valence-electron chi connectivity index (χ4n) is 4.13. The summed E-state index contributed by atoms with van der Waals surface area (Å²) in [5.41, 5.74) is 2.46. The molecule has 0 fully saturated rings. The lowest BCUT2D eigenvalue weighted by Gasteiger charge is -2.39. The number of rotatable bonds is 3. The Bertz CT molecular complexity index is 1280. The maximum atomic E-state index is 13.5. The Hall–Kier alpha value is -4.26. The van der Waals surface area contributed by atoms with E-state index in [-0.39, 0.29) is 12.4 Å². The third-order valence-corrected chi connectivity index (χ3v) is 5.67. The van der Waals surface area contributed by atoms with Crippen LogP contribution in [-0.2, 0) is 10.3 Å². The molecule has 2 aromatic heterocycles. The minimum Gasteiger partial charge on any atom is -0.491 e. The summed E-state index contributed by atoms with van der Waals surface area (Å²) in [6.07, 6.45) is 3.99. The third-order valence-electron chi connectivity index (χ3n) is 5.67. The van der Waals surface area contributed by atoms with Crippen molar-refractivity contribution in [3.63, 3.8) is 0 Å². The molecule has 1 aliphatic rings.